The Morgan fingerprint density at radius 1 is 1.64 bits per heavy atom. The van der Waals surface area contributed by atoms with Crippen molar-refractivity contribution in [3.8, 4) is 11.8 Å². The van der Waals surface area contributed by atoms with Crippen LogP contribution < -0.4 is 10.5 Å². The summed E-state index contributed by atoms with van der Waals surface area (Å²) in [7, 11) is 1.21. The summed E-state index contributed by atoms with van der Waals surface area (Å²) in [5, 5.41) is 8.48. The minimum absolute atomic E-state index is 0.154. The number of hydrogen-bond acceptors (Lipinski definition) is 4. The molecule has 1 rings (SSSR count). The molecule has 0 saturated carbocycles. The Labute approximate surface area is 78.9 Å². The highest BCUT2D eigenvalue weighted by Crippen LogP contribution is 2.32. The van der Waals surface area contributed by atoms with Crippen LogP contribution in [0.1, 0.15) is 17.7 Å². The van der Waals surface area contributed by atoms with Gasteiger partial charge in [-0.3, -0.25) is 0 Å². The van der Waals surface area contributed by atoms with Gasteiger partial charge in [0.25, 0.3) is 6.43 Å². The van der Waals surface area contributed by atoms with Crippen molar-refractivity contribution in [2.24, 2.45) is 0 Å². The molecule has 0 radical (unpaired) electrons. The highest BCUT2D eigenvalue weighted by molar-refractivity contribution is 5.54. The maximum Gasteiger partial charge on any atom is 0.267 e. The number of nitriles is 1. The van der Waals surface area contributed by atoms with E-state index in [0.29, 0.717) is 0 Å². The summed E-state index contributed by atoms with van der Waals surface area (Å²) < 4.78 is 29.5. The first kappa shape index (κ1) is 10.2. The number of halogens is 2. The lowest BCUT2D eigenvalue weighted by atomic mass is 10.2. The van der Waals surface area contributed by atoms with E-state index in [1.54, 1.807) is 6.07 Å². The molecule has 0 aliphatic heterocycles. The third kappa shape index (κ3) is 1.71. The molecule has 14 heavy (non-hydrogen) atoms. The van der Waals surface area contributed by atoms with E-state index in [1.807, 2.05) is 0 Å². The van der Waals surface area contributed by atoms with E-state index in [2.05, 4.69) is 9.72 Å². The second kappa shape index (κ2) is 3.87. The van der Waals surface area contributed by atoms with Gasteiger partial charge in [0.05, 0.1) is 12.7 Å². The lowest BCUT2D eigenvalue weighted by Crippen LogP contribution is -2.02. The van der Waals surface area contributed by atoms with E-state index in [-0.39, 0.29) is 17.3 Å². The van der Waals surface area contributed by atoms with Gasteiger partial charge in [-0.25, -0.2) is 13.8 Å². The van der Waals surface area contributed by atoms with E-state index in [1.165, 1.54) is 7.11 Å². The Balaban J connectivity index is 3.37. The molecule has 0 aliphatic carbocycles. The van der Waals surface area contributed by atoms with E-state index in [9.17, 15) is 8.78 Å². The normalized spacial score (nSPS) is 9.93. The molecular formula is C8H7F2N3O. The van der Waals surface area contributed by atoms with Crippen molar-refractivity contribution in [2.45, 2.75) is 6.43 Å². The molecule has 0 aliphatic rings. The number of pyridine rings is 1. The van der Waals surface area contributed by atoms with Gasteiger partial charge in [-0.05, 0) is 6.07 Å². The average Bonchev–Trinajstić information content (AvgIpc) is 2.16. The summed E-state index contributed by atoms with van der Waals surface area (Å²) in [6, 6.07) is 2.59. The molecule has 0 saturated heterocycles. The molecule has 0 bridgehead atoms. The smallest absolute Gasteiger partial charge is 0.267 e. The SMILES string of the molecule is COc1c(C(F)F)cc(C#N)nc1N. The first-order valence-electron chi connectivity index (χ1n) is 3.62. The second-order valence-corrected chi connectivity index (χ2v) is 2.43. The number of nitrogen functional groups attached to an aromatic ring is 1. The highest BCUT2D eigenvalue weighted by Gasteiger charge is 2.18. The number of anilines is 1. The van der Waals surface area contributed by atoms with Crippen molar-refractivity contribution < 1.29 is 13.5 Å². The first-order chi connectivity index (χ1) is 6.60. The van der Waals surface area contributed by atoms with Crippen LogP contribution in [-0.2, 0) is 0 Å². The average molecular weight is 199 g/mol. The first-order valence-corrected chi connectivity index (χ1v) is 3.62. The molecule has 1 aromatic heterocycles. The van der Waals surface area contributed by atoms with E-state index < -0.39 is 12.0 Å². The topological polar surface area (TPSA) is 71.9 Å². The zero-order chi connectivity index (χ0) is 10.7. The van der Waals surface area contributed by atoms with Crippen molar-refractivity contribution in [3.63, 3.8) is 0 Å². The zero-order valence-corrected chi connectivity index (χ0v) is 7.29. The number of alkyl halides is 2. The van der Waals surface area contributed by atoms with E-state index in [4.69, 9.17) is 11.0 Å². The number of nitrogens with two attached hydrogens (primary N) is 1. The molecular weight excluding hydrogens is 192 g/mol. The van der Waals surface area contributed by atoms with Gasteiger partial charge < -0.3 is 10.5 Å². The molecule has 4 nitrogen and oxygen atoms in total. The van der Waals surface area contributed by atoms with E-state index in [0.717, 1.165) is 6.07 Å². The summed E-state index contributed by atoms with van der Waals surface area (Å²) in [6.07, 6.45) is -2.75. The lowest BCUT2D eigenvalue weighted by Gasteiger charge is -2.09. The predicted octanol–water partition coefficient (Wildman–Crippen LogP) is 1.48. The molecule has 0 spiro atoms. The van der Waals surface area contributed by atoms with E-state index >= 15 is 0 Å². The maximum absolute atomic E-state index is 12.4. The largest absolute Gasteiger partial charge is 0.492 e. The van der Waals surface area contributed by atoms with Crippen LogP contribution in [0, 0.1) is 11.3 Å². The van der Waals surface area contributed by atoms with Crippen molar-refractivity contribution in [1.29, 1.82) is 5.26 Å². The fourth-order valence-electron chi connectivity index (χ4n) is 1.02. The van der Waals surface area contributed by atoms with Crippen LogP contribution in [0.2, 0.25) is 0 Å². The fourth-order valence-corrected chi connectivity index (χ4v) is 1.02. The standard InChI is InChI=1S/C8H7F2N3O/c1-14-6-5(7(9)10)2-4(3-11)13-8(6)12/h2,7H,1H3,(H2,12,13). The third-order valence-electron chi connectivity index (χ3n) is 1.58. The second-order valence-electron chi connectivity index (χ2n) is 2.43. The van der Waals surface area contributed by atoms with Crippen molar-refractivity contribution in [2.75, 3.05) is 12.8 Å². The Morgan fingerprint density at radius 3 is 2.71 bits per heavy atom. The molecule has 0 unspecified atom stereocenters. The molecule has 0 atom stereocenters. The van der Waals surface area contributed by atoms with Crippen LogP contribution in [-0.4, -0.2) is 12.1 Å². The summed E-state index contributed by atoms with van der Waals surface area (Å²) >= 11 is 0. The van der Waals surface area contributed by atoms with Gasteiger partial charge >= 0.3 is 0 Å². The van der Waals surface area contributed by atoms with Crippen molar-refractivity contribution in [1.82, 2.24) is 4.98 Å². The minimum atomic E-state index is -2.75. The van der Waals surface area contributed by atoms with Gasteiger partial charge in [0.15, 0.2) is 11.6 Å². The molecule has 0 aromatic carbocycles. The van der Waals surface area contributed by atoms with Crippen LogP contribution in [0.25, 0.3) is 0 Å². The van der Waals surface area contributed by atoms with Crippen LogP contribution in [0.5, 0.6) is 5.75 Å². The number of methoxy groups -OCH3 is 1. The van der Waals surface area contributed by atoms with Crippen LogP contribution >= 0.6 is 0 Å². The van der Waals surface area contributed by atoms with Gasteiger partial charge in [0.2, 0.25) is 0 Å². The van der Waals surface area contributed by atoms with Crippen LogP contribution in [0.4, 0.5) is 14.6 Å². The van der Waals surface area contributed by atoms with Crippen LogP contribution in [0.15, 0.2) is 6.07 Å². The van der Waals surface area contributed by atoms with Crippen LogP contribution in [0.3, 0.4) is 0 Å². The number of aromatic nitrogens is 1. The molecule has 74 valence electrons. The molecule has 2 N–H and O–H groups in total. The van der Waals surface area contributed by atoms with Gasteiger partial charge in [-0.15, -0.1) is 0 Å². The Morgan fingerprint density at radius 2 is 2.29 bits per heavy atom. The molecule has 0 fully saturated rings. The summed E-state index contributed by atoms with van der Waals surface area (Å²) in [4.78, 5) is 3.56. The minimum Gasteiger partial charge on any atom is -0.492 e. The Kier molecular flexibility index (Phi) is 2.82. The van der Waals surface area contributed by atoms with Crippen molar-refractivity contribution >= 4 is 5.82 Å². The summed E-state index contributed by atoms with van der Waals surface area (Å²) in [5.74, 6) is -0.388. The molecule has 1 aromatic rings. The number of nitrogens with zero attached hydrogens (tertiary/aromatic N) is 2. The van der Waals surface area contributed by atoms with Gasteiger partial charge in [-0.2, -0.15) is 5.26 Å². The van der Waals surface area contributed by atoms with Gasteiger partial charge in [0.1, 0.15) is 11.8 Å². The summed E-state index contributed by atoms with van der Waals surface area (Å²) in [6.45, 7) is 0. The quantitative estimate of drug-likeness (QED) is 0.782. The van der Waals surface area contributed by atoms with Crippen molar-refractivity contribution in [3.05, 3.63) is 17.3 Å². The lowest BCUT2D eigenvalue weighted by molar-refractivity contribution is 0.147. The Hall–Kier alpha value is -1.90. The monoisotopic (exact) mass is 199 g/mol. The number of hydrogen-bond donors (Lipinski definition) is 1. The number of ether oxygens (including phenoxy) is 1. The molecule has 6 heteroatoms. The molecule has 0 amide bonds. The predicted molar refractivity (Wildman–Crippen MR) is 44.9 cm³/mol. The third-order valence-corrected chi connectivity index (χ3v) is 1.58. The highest BCUT2D eigenvalue weighted by atomic mass is 19.3. The van der Waals surface area contributed by atoms with Gasteiger partial charge in [-0.1, -0.05) is 0 Å². The zero-order valence-electron chi connectivity index (χ0n) is 7.29. The maximum atomic E-state index is 12.4. The molecule has 1 heterocycles. The Bertz CT molecular complexity index is 387. The summed E-state index contributed by atoms with van der Waals surface area (Å²) in [5.41, 5.74) is 4.75. The fraction of sp³-hybridized carbons (Fsp3) is 0.250. The van der Waals surface area contributed by atoms with Gasteiger partial charge in [0, 0.05) is 0 Å². The number of rotatable bonds is 2.